The lowest BCUT2D eigenvalue weighted by Gasteiger charge is -2.32. The molecule has 3 unspecified atom stereocenters. The largest absolute Gasteiger partial charge is 0.391 e. The minimum Gasteiger partial charge on any atom is -0.382 e. The zero-order valence-corrected chi connectivity index (χ0v) is 12.0. The summed E-state index contributed by atoms with van der Waals surface area (Å²) in [6, 6.07) is 6.63. The number of carbonyl (C=O) groups excluding carboxylic acids is 1. The smallest absolute Gasteiger partial charge is 0.382 e. The van der Waals surface area contributed by atoms with Gasteiger partial charge in [-0.15, -0.1) is 0 Å². The fourth-order valence-corrected chi connectivity index (χ4v) is 2.67. The van der Waals surface area contributed by atoms with Gasteiger partial charge in [0.1, 0.15) is 0 Å². The molecule has 0 aromatic heterocycles. The topological polar surface area (TPSA) is 41.1 Å². The van der Waals surface area contributed by atoms with E-state index in [1.807, 2.05) is 31.2 Å². The van der Waals surface area contributed by atoms with E-state index in [1.165, 1.54) is 6.92 Å². The van der Waals surface area contributed by atoms with Crippen LogP contribution < -0.4 is 10.6 Å². The van der Waals surface area contributed by atoms with Crippen molar-refractivity contribution in [3.05, 3.63) is 29.8 Å². The molecule has 1 aromatic rings. The molecule has 0 spiro atoms. The number of anilines is 1. The molecule has 0 radical (unpaired) electrons. The molecule has 1 aliphatic rings. The van der Waals surface area contributed by atoms with E-state index in [4.69, 9.17) is 0 Å². The molecular formula is C15H19F3N2O. The highest BCUT2D eigenvalue weighted by atomic mass is 19.4. The van der Waals surface area contributed by atoms with Crippen molar-refractivity contribution in [3.8, 4) is 0 Å². The van der Waals surface area contributed by atoms with E-state index in [-0.39, 0.29) is 17.9 Å². The normalized spacial score (nSPS) is 22.9. The average Bonchev–Trinajstić information content (AvgIpc) is 2.35. The first-order valence-corrected chi connectivity index (χ1v) is 6.98. The number of halogens is 3. The second kappa shape index (κ2) is 5.95. The molecule has 116 valence electrons. The van der Waals surface area contributed by atoms with Crippen LogP contribution in [0.2, 0.25) is 0 Å². The fourth-order valence-electron chi connectivity index (χ4n) is 2.67. The molecule has 6 heteroatoms. The quantitative estimate of drug-likeness (QED) is 0.900. The molecule has 21 heavy (non-hydrogen) atoms. The second-order valence-electron chi connectivity index (χ2n) is 5.63. The third-order valence-corrected chi connectivity index (χ3v) is 3.71. The summed E-state index contributed by atoms with van der Waals surface area (Å²) in [5, 5.41) is 5.70. The molecule has 1 aromatic carbocycles. The zero-order valence-electron chi connectivity index (χ0n) is 12.0. The van der Waals surface area contributed by atoms with Crippen LogP contribution in [0.25, 0.3) is 0 Å². The number of carbonyl (C=O) groups is 1. The predicted octanol–water partition coefficient (Wildman–Crippen LogP) is 3.12. The molecular weight excluding hydrogens is 281 g/mol. The lowest BCUT2D eigenvalue weighted by molar-refractivity contribution is -0.142. The Morgan fingerprint density at radius 2 is 2.10 bits per heavy atom. The maximum atomic E-state index is 12.3. The van der Waals surface area contributed by atoms with Gasteiger partial charge in [0, 0.05) is 17.8 Å². The number of nitrogens with one attached hydrogen (secondary N) is 2. The lowest BCUT2D eigenvalue weighted by atomic mass is 9.87. The van der Waals surface area contributed by atoms with Crippen LogP contribution in [0.4, 0.5) is 18.9 Å². The van der Waals surface area contributed by atoms with Crippen molar-refractivity contribution in [2.45, 2.75) is 44.9 Å². The van der Waals surface area contributed by atoms with Gasteiger partial charge >= 0.3 is 6.18 Å². The maximum absolute atomic E-state index is 12.3. The van der Waals surface area contributed by atoms with Crippen molar-refractivity contribution in [3.63, 3.8) is 0 Å². The summed E-state index contributed by atoms with van der Waals surface area (Å²) in [6.45, 7) is 3.24. The Kier molecular flexibility index (Phi) is 4.44. The van der Waals surface area contributed by atoms with Gasteiger partial charge in [-0.1, -0.05) is 18.2 Å². The third kappa shape index (κ3) is 4.12. The number of hydrogen-bond donors (Lipinski definition) is 2. The van der Waals surface area contributed by atoms with Crippen LogP contribution in [0.1, 0.15) is 25.8 Å². The Morgan fingerprint density at radius 3 is 2.76 bits per heavy atom. The standard InChI is InChI=1S/C15H19F3N2O/c1-9(8-15(16,17)18)19-14(21)12-7-11-5-3-4-6-13(11)20-10(12)2/h3-6,9-10,12,20H,7-8H2,1-2H3,(H,19,21). The van der Waals surface area contributed by atoms with Crippen LogP contribution in [-0.4, -0.2) is 24.2 Å². The van der Waals surface area contributed by atoms with E-state index in [0.29, 0.717) is 6.42 Å². The number of hydrogen-bond acceptors (Lipinski definition) is 2. The Balaban J connectivity index is 2.00. The van der Waals surface area contributed by atoms with Gasteiger partial charge in [0.2, 0.25) is 5.91 Å². The van der Waals surface area contributed by atoms with E-state index in [9.17, 15) is 18.0 Å². The van der Waals surface area contributed by atoms with Crippen molar-refractivity contribution in [1.29, 1.82) is 0 Å². The molecule has 1 heterocycles. The van der Waals surface area contributed by atoms with Gasteiger partial charge in [-0.05, 0) is 31.9 Å². The van der Waals surface area contributed by atoms with Gasteiger partial charge < -0.3 is 10.6 Å². The first-order valence-electron chi connectivity index (χ1n) is 6.98. The summed E-state index contributed by atoms with van der Waals surface area (Å²) in [5.74, 6) is -0.697. The van der Waals surface area contributed by atoms with Gasteiger partial charge in [-0.2, -0.15) is 13.2 Å². The minimum atomic E-state index is -4.27. The van der Waals surface area contributed by atoms with E-state index in [2.05, 4.69) is 10.6 Å². The van der Waals surface area contributed by atoms with Crippen molar-refractivity contribution >= 4 is 11.6 Å². The molecule has 3 atom stereocenters. The molecule has 0 saturated heterocycles. The molecule has 2 rings (SSSR count). The lowest BCUT2D eigenvalue weighted by Crippen LogP contribution is -2.46. The SMILES string of the molecule is CC(CC(F)(F)F)NC(=O)C1Cc2ccccc2NC1C. The molecule has 0 aliphatic carbocycles. The summed E-state index contributed by atoms with van der Waals surface area (Å²) in [5.41, 5.74) is 2.00. The molecule has 0 saturated carbocycles. The van der Waals surface area contributed by atoms with Gasteiger partial charge in [0.05, 0.1) is 12.3 Å². The van der Waals surface area contributed by atoms with Crippen LogP contribution in [0, 0.1) is 5.92 Å². The first-order chi connectivity index (χ1) is 9.76. The van der Waals surface area contributed by atoms with Crippen molar-refractivity contribution < 1.29 is 18.0 Å². The number of fused-ring (bicyclic) bond motifs is 1. The summed E-state index contributed by atoms with van der Waals surface area (Å²) in [6.07, 6.45) is -4.74. The first kappa shape index (κ1) is 15.7. The highest BCUT2D eigenvalue weighted by Crippen LogP contribution is 2.28. The van der Waals surface area contributed by atoms with Gasteiger partial charge in [-0.3, -0.25) is 4.79 Å². The number of benzene rings is 1. The summed E-state index contributed by atoms with van der Waals surface area (Å²) in [4.78, 5) is 12.2. The molecule has 0 fully saturated rings. The number of para-hydroxylation sites is 1. The van der Waals surface area contributed by atoms with Gasteiger partial charge in [0.15, 0.2) is 0 Å². The van der Waals surface area contributed by atoms with E-state index < -0.39 is 18.6 Å². The van der Waals surface area contributed by atoms with E-state index >= 15 is 0 Å². The van der Waals surface area contributed by atoms with Crippen molar-refractivity contribution in [1.82, 2.24) is 5.32 Å². The fraction of sp³-hybridized carbons (Fsp3) is 0.533. The predicted molar refractivity (Wildman–Crippen MR) is 75.0 cm³/mol. The summed E-state index contributed by atoms with van der Waals surface area (Å²) >= 11 is 0. The highest BCUT2D eigenvalue weighted by molar-refractivity contribution is 5.81. The number of amides is 1. The minimum absolute atomic E-state index is 0.113. The van der Waals surface area contributed by atoms with Crippen LogP contribution in [-0.2, 0) is 11.2 Å². The van der Waals surface area contributed by atoms with Gasteiger partial charge in [-0.25, -0.2) is 0 Å². The monoisotopic (exact) mass is 300 g/mol. The molecule has 3 nitrogen and oxygen atoms in total. The summed E-state index contributed by atoms with van der Waals surface area (Å²) in [7, 11) is 0. The maximum Gasteiger partial charge on any atom is 0.391 e. The van der Waals surface area contributed by atoms with E-state index in [1.54, 1.807) is 0 Å². The summed E-state index contributed by atoms with van der Waals surface area (Å²) < 4.78 is 36.9. The molecule has 2 N–H and O–H groups in total. The highest BCUT2D eigenvalue weighted by Gasteiger charge is 2.34. The number of rotatable bonds is 3. The third-order valence-electron chi connectivity index (χ3n) is 3.71. The van der Waals surface area contributed by atoms with Crippen LogP contribution in [0.5, 0.6) is 0 Å². The zero-order chi connectivity index (χ0) is 15.6. The number of alkyl halides is 3. The van der Waals surface area contributed by atoms with Crippen LogP contribution in [0.3, 0.4) is 0 Å². The Bertz CT molecular complexity index is 516. The molecule has 0 bridgehead atoms. The molecule has 1 aliphatic heterocycles. The van der Waals surface area contributed by atoms with Crippen molar-refractivity contribution in [2.24, 2.45) is 5.92 Å². The Labute approximate surface area is 121 Å². The van der Waals surface area contributed by atoms with Crippen LogP contribution >= 0.6 is 0 Å². The van der Waals surface area contributed by atoms with Crippen molar-refractivity contribution in [2.75, 3.05) is 5.32 Å². The van der Waals surface area contributed by atoms with E-state index in [0.717, 1.165) is 11.3 Å². The average molecular weight is 300 g/mol. The van der Waals surface area contributed by atoms with Gasteiger partial charge in [0.25, 0.3) is 0 Å². The Hall–Kier alpha value is -1.72. The molecule has 1 amide bonds. The second-order valence-corrected chi connectivity index (χ2v) is 5.63. The van der Waals surface area contributed by atoms with Crippen LogP contribution in [0.15, 0.2) is 24.3 Å². The Morgan fingerprint density at radius 1 is 1.43 bits per heavy atom.